The number of rotatable bonds is 5. The molecule has 2 aromatic heterocycles. The number of ether oxygens (including phenoxy) is 1. The summed E-state index contributed by atoms with van der Waals surface area (Å²) in [5.74, 6) is 0. The fourth-order valence-electron chi connectivity index (χ4n) is 3.15. The zero-order chi connectivity index (χ0) is 21.3. The Balaban J connectivity index is 1.60. The molecule has 1 aromatic carbocycles. The summed E-state index contributed by atoms with van der Waals surface area (Å²) < 4.78 is 7.09. The zero-order valence-electron chi connectivity index (χ0n) is 15.2. The average Bonchev–Trinajstić information content (AvgIpc) is 3.42. The minimum Gasteiger partial charge on any atom is -0.394 e. The maximum atomic E-state index is 11.0. The van der Waals surface area contributed by atoms with Gasteiger partial charge in [-0.2, -0.15) is 5.26 Å². The highest BCUT2D eigenvalue weighted by atomic mass is 35.5. The summed E-state index contributed by atoms with van der Waals surface area (Å²) >= 11 is 8.68. The van der Waals surface area contributed by atoms with E-state index in [-0.39, 0.29) is 5.02 Å². The van der Waals surface area contributed by atoms with E-state index in [2.05, 4.69) is 15.3 Å². The maximum absolute atomic E-state index is 11.0. The molecule has 3 aromatic rings. The molecule has 0 spiro atoms. The third-order valence-corrected chi connectivity index (χ3v) is 6.72. The Hall–Kier alpha value is -2.04. The molecule has 0 aliphatic carbocycles. The second-order valence-electron chi connectivity index (χ2n) is 6.53. The van der Waals surface area contributed by atoms with Crippen LogP contribution in [0.1, 0.15) is 11.6 Å². The van der Waals surface area contributed by atoms with E-state index in [4.69, 9.17) is 21.6 Å². The van der Waals surface area contributed by atoms with Gasteiger partial charge in [0.15, 0.2) is 0 Å². The second-order valence-corrected chi connectivity index (χ2v) is 8.82. The fraction of sp³-hybridized carbons (Fsp3) is 0.333. The first-order chi connectivity index (χ1) is 14.5. The average molecular weight is 466 g/mol. The highest BCUT2D eigenvalue weighted by molar-refractivity contribution is 7.99. The van der Waals surface area contributed by atoms with E-state index in [1.165, 1.54) is 27.8 Å². The standard InChI is InChI=1S/C18H16ClN5O4S2/c19-11-3-10(2-1-9(11)4-20)30-18-17(27)15(16(26)14(6-25)28-18)24-5-12(22-23-24)13-7-29-8-21-13/h1-3,5,7-8,14-18,25-27H,6H2/t14?,15-,16-,17?,18+/m0/s1. The molecule has 0 bridgehead atoms. The Kier molecular flexibility index (Phi) is 6.35. The van der Waals surface area contributed by atoms with Gasteiger partial charge in [-0.1, -0.05) is 28.6 Å². The Morgan fingerprint density at radius 1 is 1.30 bits per heavy atom. The lowest BCUT2D eigenvalue weighted by Gasteiger charge is -2.41. The Labute approximate surface area is 184 Å². The molecule has 1 fully saturated rings. The largest absolute Gasteiger partial charge is 0.394 e. The van der Waals surface area contributed by atoms with Crippen LogP contribution in [0, 0.1) is 11.3 Å². The van der Waals surface area contributed by atoms with Gasteiger partial charge in [-0.15, -0.1) is 16.4 Å². The van der Waals surface area contributed by atoms with E-state index >= 15 is 0 Å². The second kappa shape index (κ2) is 8.99. The molecule has 1 aliphatic rings. The van der Waals surface area contributed by atoms with Gasteiger partial charge in [-0.05, 0) is 18.2 Å². The number of thioether (sulfide) groups is 1. The van der Waals surface area contributed by atoms with Crippen LogP contribution in [-0.2, 0) is 4.74 Å². The van der Waals surface area contributed by atoms with E-state index in [1.807, 2.05) is 11.4 Å². The fourth-order valence-corrected chi connectivity index (χ4v) is 5.08. The Morgan fingerprint density at radius 2 is 2.13 bits per heavy atom. The highest BCUT2D eigenvalue weighted by Gasteiger charge is 2.46. The van der Waals surface area contributed by atoms with Gasteiger partial charge in [0.25, 0.3) is 0 Å². The number of halogens is 1. The van der Waals surface area contributed by atoms with Gasteiger partial charge in [0, 0.05) is 10.3 Å². The van der Waals surface area contributed by atoms with Crippen LogP contribution < -0.4 is 0 Å². The zero-order valence-corrected chi connectivity index (χ0v) is 17.6. The van der Waals surface area contributed by atoms with Gasteiger partial charge in [0.1, 0.15) is 47.2 Å². The lowest BCUT2D eigenvalue weighted by molar-refractivity contribution is -0.178. The van der Waals surface area contributed by atoms with Crippen molar-refractivity contribution < 1.29 is 20.1 Å². The molecule has 0 amide bonds. The third-order valence-electron chi connectivity index (χ3n) is 4.67. The van der Waals surface area contributed by atoms with Gasteiger partial charge in [-0.3, -0.25) is 0 Å². The SMILES string of the molecule is N#Cc1ccc(S[C@H]2OC(CO)[C@H](O)[C@H](n3cc(-c4cscn4)nn3)C2O)cc1Cl. The molecule has 0 saturated carbocycles. The molecule has 0 radical (unpaired) electrons. The number of nitrogens with zero attached hydrogens (tertiary/aromatic N) is 5. The van der Waals surface area contributed by atoms with Crippen LogP contribution in [0.25, 0.3) is 11.4 Å². The predicted molar refractivity (Wildman–Crippen MR) is 110 cm³/mol. The van der Waals surface area contributed by atoms with Gasteiger partial charge in [0.05, 0.1) is 28.9 Å². The van der Waals surface area contributed by atoms with Crippen molar-refractivity contribution in [2.45, 2.75) is 34.7 Å². The molecule has 3 heterocycles. The summed E-state index contributed by atoms with van der Waals surface area (Å²) in [6.45, 7) is -0.441. The summed E-state index contributed by atoms with van der Waals surface area (Å²) in [5.41, 5.74) is 2.32. The van der Waals surface area contributed by atoms with Crippen LogP contribution in [0.3, 0.4) is 0 Å². The van der Waals surface area contributed by atoms with Crippen LogP contribution in [0.5, 0.6) is 0 Å². The van der Waals surface area contributed by atoms with Crippen molar-refractivity contribution in [1.82, 2.24) is 20.0 Å². The van der Waals surface area contributed by atoms with Gasteiger partial charge < -0.3 is 20.1 Å². The number of hydrogen-bond donors (Lipinski definition) is 3. The van der Waals surface area contributed by atoms with E-state index in [9.17, 15) is 15.3 Å². The molecule has 12 heteroatoms. The van der Waals surface area contributed by atoms with Gasteiger partial charge in [0.2, 0.25) is 0 Å². The molecular formula is C18H16ClN5O4S2. The Morgan fingerprint density at radius 3 is 2.80 bits per heavy atom. The summed E-state index contributed by atoms with van der Waals surface area (Å²) in [5, 5.41) is 50.6. The van der Waals surface area contributed by atoms with Crippen LogP contribution in [0.15, 0.2) is 40.2 Å². The van der Waals surface area contributed by atoms with Crippen molar-refractivity contribution in [2.75, 3.05) is 6.61 Å². The number of nitriles is 1. The predicted octanol–water partition coefficient (Wildman–Crippen LogP) is 1.70. The maximum Gasteiger partial charge on any atom is 0.136 e. The highest BCUT2D eigenvalue weighted by Crippen LogP contribution is 2.39. The van der Waals surface area contributed by atoms with Gasteiger partial charge in [-0.25, -0.2) is 9.67 Å². The van der Waals surface area contributed by atoms with Crippen molar-refractivity contribution in [3.05, 3.63) is 45.9 Å². The number of benzene rings is 1. The lowest BCUT2D eigenvalue weighted by atomic mass is 9.97. The van der Waals surface area contributed by atoms with E-state index < -0.39 is 36.4 Å². The number of thiazole rings is 1. The van der Waals surface area contributed by atoms with Crippen molar-refractivity contribution in [2.24, 2.45) is 0 Å². The number of aliphatic hydroxyl groups excluding tert-OH is 3. The molecule has 30 heavy (non-hydrogen) atoms. The molecular weight excluding hydrogens is 450 g/mol. The Bertz CT molecular complexity index is 1060. The van der Waals surface area contributed by atoms with Crippen molar-refractivity contribution >= 4 is 34.7 Å². The van der Waals surface area contributed by atoms with Crippen LogP contribution in [0.2, 0.25) is 5.02 Å². The lowest BCUT2D eigenvalue weighted by Crippen LogP contribution is -2.55. The van der Waals surface area contributed by atoms with Crippen molar-refractivity contribution in [3.8, 4) is 17.5 Å². The molecule has 1 aliphatic heterocycles. The first kappa shape index (κ1) is 21.2. The number of aromatic nitrogens is 4. The molecule has 9 nitrogen and oxygen atoms in total. The first-order valence-electron chi connectivity index (χ1n) is 8.81. The van der Waals surface area contributed by atoms with Gasteiger partial charge >= 0.3 is 0 Å². The third kappa shape index (κ3) is 4.08. The van der Waals surface area contributed by atoms with E-state index in [0.717, 1.165) is 0 Å². The molecule has 5 atom stereocenters. The smallest absolute Gasteiger partial charge is 0.136 e. The molecule has 4 rings (SSSR count). The quantitative estimate of drug-likeness (QED) is 0.513. The summed E-state index contributed by atoms with van der Waals surface area (Å²) in [6, 6.07) is 5.96. The monoisotopic (exact) mass is 465 g/mol. The molecule has 1 saturated heterocycles. The van der Waals surface area contributed by atoms with Crippen LogP contribution >= 0.6 is 34.7 Å². The van der Waals surface area contributed by atoms with Crippen molar-refractivity contribution in [3.63, 3.8) is 0 Å². The summed E-state index contributed by atoms with van der Waals surface area (Å²) in [4.78, 5) is 4.84. The minimum absolute atomic E-state index is 0.285. The minimum atomic E-state index is -1.21. The number of aliphatic hydroxyl groups is 3. The molecule has 156 valence electrons. The van der Waals surface area contributed by atoms with Crippen LogP contribution in [-0.4, -0.2) is 65.7 Å². The molecule has 2 unspecified atom stereocenters. The summed E-state index contributed by atoms with van der Waals surface area (Å²) in [6.07, 6.45) is -1.73. The van der Waals surface area contributed by atoms with E-state index in [1.54, 1.807) is 29.9 Å². The van der Waals surface area contributed by atoms with Crippen LogP contribution in [0.4, 0.5) is 0 Å². The molecule has 3 N–H and O–H groups in total. The number of hydrogen-bond acceptors (Lipinski definition) is 10. The summed E-state index contributed by atoms with van der Waals surface area (Å²) in [7, 11) is 0. The topological polar surface area (TPSA) is 137 Å². The first-order valence-corrected chi connectivity index (χ1v) is 11.0. The van der Waals surface area contributed by atoms with E-state index in [0.29, 0.717) is 21.8 Å². The normalized spacial score (nSPS) is 26.4. The van der Waals surface area contributed by atoms with Crippen molar-refractivity contribution in [1.29, 1.82) is 5.26 Å².